The van der Waals surface area contributed by atoms with Gasteiger partial charge in [0, 0.05) is 12.1 Å². The molecule has 0 amide bonds. The molecule has 0 radical (unpaired) electrons. The molecule has 0 aliphatic heterocycles. The van der Waals surface area contributed by atoms with Crippen molar-refractivity contribution in [1.29, 1.82) is 0 Å². The molecule has 0 atom stereocenters. The lowest BCUT2D eigenvalue weighted by molar-refractivity contribution is -0.138. The van der Waals surface area contributed by atoms with E-state index >= 15 is 0 Å². The molecule has 1 N–H and O–H groups in total. The van der Waals surface area contributed by atoms with E-state index in [9.17, 15) is 13.2 Å². The second-order valence-corrected chi connectivity index (χ2v) is 8.55. The Morgan fingerprint density at radius 2 is 1.93 bits per heavy atom. The van der Waals surface area contributed by atoms with E-state index in [-0.39, 0.29) is 17.6 Å². The van der Waals surface area contributed by atoms with Gasteiger partial charge in [0.25, 0.3) is 0 Å². The van der Waals surface area contributed by atoms with E-state index < -0.39 is 17.2 Å². The van der Waals surface area contributed by atoms with Crippen molar-refractivity contribution in [2.24, 2.45) is 7.05 Å². The first-order chi connectivity index (χ1) is 13.6. The van der Waals surface area contributed by atoms with Crippen LogP contribution < -0.4 is 5.32 Å². The highest BCUT2D eigenvalue weighted by Gasteiger charge is 2.40. The molecule has 8 nitrogen and oxygen atoms in total. The van der Waals surface area contributed by atoms with Crippen LogP contribution in [-0.4, -0.2) is 35.2 Å². The molecular weight excluding hydrogens is 405 g/mol. The van der Waals surface area contributed by atoms with E-state index in [2.05, 4.69) is 35.7 Å². The largest absolute Gasteiger partial charge is 0.419 e. The highest BCUT2D eigenvalue weighted by atomic mass is 32.1. The van der Waals surface area contributed by atoms with Crippen LogP contribution >= 0.6 is 11.3 Å². The fourth-order valence-electron chi connectivity index (χ4n) is 2.85. The maximum absolute atomic E-state index is 13.2. The summed E-state index contributed by atoms with van der Waals surface area (Å²) >= 11 is 1.36. The predicted octanol–water partition coefficient (Wildman–Crippen LogP) is 3.73. The van der Waals surface area contributed by atoms with Crippen molar-refractivity contribution < 1.29 is 13.2 Å². The van der Waals surface area contributed by atoms with E-state index in [0.717, 1.165) is 11.2 Å². The molecule has 12 heteroatoms. The number of tetrazole rings is 1. The van der Waals surface area contributed by atoms with E-state index in [1.165, 1.54) is 16.1 Å². The Hall–Kier alpha value is -2.63. The predicted molar refractivity (Wildman–Crippen MR) is 100 cm³/mol. The molecule has 0 aromatic carbocycles. The molecule has 0 bridgehead atoms. The van der Waals surface area contributed by atoms with Gasteiger partial charge < -0.3 is 5.32 Å². The maximum atomic E-state index is 13.2. The lowest BCUT2D eigenvalue weighted by atomic mass is 9.94. The Bertz CT molecular complexity index is 1050. The summed E-state index contributed by atoms with van der Waals surface area (Å²) in [7, 11) is 1.69. The SMILES string of the molecule is Cc1nc(C(C)(C)c2nnn(C)n2)sc1Nc1ncc(C(F)(F)F)c(C2CC2)n1. The van der Waals surface area contributed by atoms with Crippen LogP contribution in [0.5, 0.6) is 0 Å². The van der Waals surface area contributed by atoms with Gasteiger partial charge in [0.15, 0.2) is 5.82 Å². The Morgan fingerprint density at radius 1 is 1.21 bits per heavy atom. The number of hydrogen-bond donors (Lipinski definition) is 1. The van der Waals surface area contributed by atoms with Gasteiger partial charge in [-0.3, -0.25) is 0 Å². The van der Waals surface area contributed by atoms with Crippen LogP contribution in [0.1, 0.15) is 60.4 Å². The number of aryl methyl sites for hydroxylation is 2. The van der Waals surface area contributed by atoms with Gasteiger partial charge in [0.1, 0.15) is 10.0 Å². The number of alkyl halides is 3. The number of thiazole rings is 1. The van der Waals surface area contributed by atoms with Crippen LogP contribution in [0.3, 0.4) is 0 Å². The fraction of sp³-hybridized carbons (Fsp3) is 0.529. The van der Waals surface area contributed by atoms with Crippen LogP contribution in [0.2, 0.25) is 0 Å². The number of rotatable bonds is 5. The summed E-state index contributed by atoms with van der Waals surface area (Å²) in [5, 5.41) is 16.6. The quantitative estimate of drug-likeness (QED) is 0.667. The zero-order chi connectivity index (χ0) is 21.0. The normalized spacial score (nSPS) is 15.0. The number of aromatic nitrogens is 7. The number of halogens is 3. The summed E-state index contributed by atoms with van der Waals surface area (Å²) in [6.07, 6.45) is -2.18. The van der Waals surface area contributed by atoms with E-state index in [1.807, 2.05) is 20.8 Å². The zero-order valence-electron chi connectivity index (χ0n) is 16.2. The van der Waals surface area contributed by atoms with Crippen molar-refractivity contribution in [3.05, 3.63) is 34.0 Å². The van der Waals surface area contributed by atoms with Crippen LogP contribution in [0.15, 0.2) is 6.20 Å². The van der Waals surface area contributed by atoms with Crippen molar-refractivity contribution >= 4 is 22.3 Å². The molecule has 154 valence electrons. The molecule has 1 saturated carbocycles. The molecule has 0 unspecified atom stereocenters. The third-order valence-corrected chi connectivity index (χ3v) is 6.11. The minimum absolute atomic E-state index is 0.0569. The smallest absolute Gasteiger partial charge is 0.314 e. The maximum Gasteiger partial charge on any atom is 0.419 e. The summed E-state index contributed by atoms with van der Waals surface area (Å²) in [6.45, 7) is 5.69. The van der Waals surface area contributed by atoms with Crippen LogP contribution in [0.25, 0.3) is 0 Å². The second-order valence-electron chi connectivity index (χ2n) is 7.55. The molecule has 0 saturated heterocycles. The Morgan fingerprint density at radius 3 is 2.52 bits per heavy atom. The first-order valence-corrected chi connectivity index (χ1v) is 9.81. The molecule has 0 spiro atoms. The Balaban J connectivity index is 1.63. The molecule has 3 aromatic heterocycles. The third kappa shape index (κ3) is 3.80. The highest BCUT2D eigenvalue weighted by Crippen LogP contribution is 2.45. The fourth-order valence-corrected chi connectivity index (χ4v) is 3.91. The van der Waals surface area contributed by atoms with Crippen molar-refractivity contribution in [3.8, 4) is 0 Å². The molecule has 1 aliphatic carbocycles. The van der Waals surface area contributed by atoms with E-state index in [0.29, 0.717) is 29.4 Å². The summed E-state index contributed by atoms with van der Waals surface area (Å²) in [6, 6.07) is 0. The minimum Gasteiger partial charge on any atom is -0.314 e. The number of hydrogen-bond acceptors (Lipinski definition) is 8. The zero-order valence-corrected chi connectivity index (χ0v) is 17.1. The molecule has 3 heterocycles. The van der Waals surface area contributed by atoms with Crippen molar-refractivity contribution in [2.45, 2.75) is 51.1 Å². The third-order valence-electron chi connectivity index (χ3n) is 4.71. The summed E-state index contributed by atoms with van der Waals surface area (Å²) in [5.41, 5.74) is -0.592. The van der Waals surface area contributed by atoms with Gasteiger partial charge in [-0.25, -0.2) is 15.0 Å². The number of nitrogens with zero attached hydrogens (tertiary/aromatic N) is 7. The van der Waals surface area contributed by atoms with Crippen molar-refractivity contribution in [1.82, 2.24) is 35.2 Å². The van der Waals surface area contributed by atoms with Gasteiger partial charge in [-0.15, -0.1) is 10.2 Å². The minimum atomic E-state index is -4.46. The van der Waals surface area contributed by atoms with Crippen LogP contribution in [0.4, 0.5) is 24.1 Å². The average Bonchev–Trinajstić information content (AvgIpc) is 3.29. The summed E-state index contributed by atoms with van der Waals surface area (Å²) < 4.78 is 39.7. The first-order valence-electron chi connectivity index (χ1n) is 8.99. The molecule has 1 aliphatic rings. The summed E-state index contributed by atoms with van der Waals surface area (Å²) in [4.78, 5) is 14.0. The Kier molecular flexibility index (Phi) is 4.56. The Labute approximate surface area is 168 Å². The van der Waals surface area contributed by atoms with Gasteiger partial charge >= 0.3 is 6.18 Å². The van der Waals surface area contributed by atoms with Gasteiger partial charge in [0.05, 0.1) is 29.4 Å². The van der Waals surface area contributed by atoms with Gasteiger partial charge in [-0.2, -0.15) is 18.0 Å². The molecule has 3 aromatic rings. The highest BCUT2D eigenvalue weighted by molar-refractivity contribution is 7.16. The van der Waals surface area contributed by atoms with Crippen molar-refractivity contribution in [2.75, 3.05) is 5.32 Å². The molecule has 1 fully saturated rings. The van der Waals surface area contributed by atoms with Crippen LogP contribution in [0, 0.1) is 6.92 Å². The standard InChI is InChI=1S/C17H19F3N8S/c1-8-12(29-14(22-8)16(2,3)13-25-27-28(4)26-13)24-15-21-7-10(17(18,19)20)11(23-15)9-5-6-9/h7,9H,5-6H2,1-4H3,(H,21,23,24). The van der Waals surface area contributed by atoms with E-state index in [4.69, 9.17) is 0 Å². The van der Waals surface area contributed by atoms with Crippen LogP contribution in [-0.2, 0) is 18.6 Å². The number of anilines is 2. The monoisotopic (exact) mass is 424 g/mol. The lowest BCUT2D eigenvalue weighted by Crippen LogP contribution is -2.21. The first kappa shape index (κ1) is 19.7. The van der Waals surface area contributed by atoms with Gasteiger partial charge in [0.2, 0.25) is 5.95 Å². The van der Waals surface area contributed by atoms with Gasteiger partial charge in [-0.05, 0) is 38.8 Å². The second kappa shape index (κ2) is 6.71. The molecule has 29 heavy (non-hydrogen) atoms. The lowest BCUT2D eigenvalue weighted by Gasteiger charge is -2.16. The average molecular weight is 424 g/mol. The van der Waals surface area contributed by atoms with Gasteiger partial charge in [-0.1, -0.05) is 11.3 Å². The number of nitrogens with one attached hydrogen (secondary N) is 1. The van der Waals surface area contributed by atoms with Crippen molar-refractivity contribution in [3.63, 3.8) is 0 Å². The topological polar surface area (TPSA) is 94.3 Å². The molecular formula is C17H19F3N8S. The molecule has 4 rings (SSSR count). The summed E-state index contributed by atoms with van der Waals surface area (Å²) in [5.74, 6) is 0.505. The van der Waals surface area contributed by atoms with E-state index in [1.54, 1.807) is 7.05 Å².